The maximum absolute atomic E-state index is 12.5. The van der Waals surface area contributed by atoms with E-state index < -0.39 is 0 Å². The number of carbonyl (C=O) groups is 1. The van der Waals surface area contributed by atoms with Gasteiger partial charge in [-0.25, -0.2) is 0 Å². The van der Waals surface area contributed by atoms with Gasteiger partial charge in [0.05, 0.1) is 0 Å². The Morgan fingerprint density at radius 2 is 2.04 bits per heavy atom. The molecule has 0 radical (unpaired) electrons. The largest absolute Gasteiger partial charge is 0.361 e. The van der Waals surface area contributed by atoms with Crippen LogP contribution in [0.15, 0.2) is 24.4 Å². The van der Waals surface area contributed by atoms with Crippen molar-refractivity contribution in [1.29, 1.82) is 0 Å². The van der Waals surface area contributed by atoms with Gasteiger partial charge in [-0.05, 0) is 56.1 Å². The summed E-state index contributed by atoms with van der Waals surface area (Å²) in [4.78, 5) is 15.9. The van der Waals surface area contributed by atoms with Crippen molar-refractivity contribution >= 4 is 16.8 Å². The number of H-pyrrole nitrogens is 1. The second-order valence-electron chi connectivity index (χ2n) is 7.56. The molecule has 2 saturated carbocycles. The topological polar surface area (TPSA) is 44.9 Å². The summed E-state index contributed by atoms with van der Waals surface area (Å²) in [6.07, 6.45) is 8.14. The Balaban J connectivity index is 1.40. The van der Waals surface area contributed by atoms with Crippen LogP contribution in [0.2, 0.25) is 0 Å². The maximum atomic E-state index is 12.5. The van der Waals surface area contributed by atoms with Gasteiger partial charge in [0.2, 0.25) is 5.91 Å². The van der Waals surface area contributed by atoms with Crippen molar-refractivity contribution in [3.8, 4) is 0 Å². The van der Waals surface area contributed by atoms with Crippen LogP contribution < -0.4 is 5.32 Å². The lowest BCUT2D eigenvalue weighted by molar-refractivity contribution is -0.123. The predicted octanol–water partition coefficient (Wildman–Crippen LogP) is 3.96. The van der Waals surface area contributed by atoms with Crippen molar-refractivity contribution in [2.45, 2.75) is 52.0 Å². The average Bonchev–Trinajstić information content (AvgIpc) is 3.14. The Morgan fingerprint density at radius 3 is 2.78 bits per heavy atom. The predicted molar refractivity (Wildman–Crippen MR) is 93.3 cm³/mol. The zero-order valence-electron chi connectivity index (χ0n) is 14.1. The van der Waals surface area contributed by atoms with E-state index in [-0.39, 0.29) is 6.04 Å². The Hall–Kier alpha value is -1.77. The van der Waals surface area contributed by atoms with Crippen LogP contribution in [0.4, 0.5) is 0 Å². The van der Waals surface area contributed by atoms with Gasteiger partial charge >= 0.3 is 0 Å². The van der Waals surface area contributed by atoms with Gasteiger partial charge in [0, 0.05) is 29.1 Å². The van der Waals surface area contributed by atoms with Crippen molar-refractivity contribution in [2.24, 2.45) is 17.8 Å². The zero-order chi connectivity index (χ0) is 16.0. The number of carbonyl (C=O) groups excluding carboxylic acids is 1. The molecular formula is C20H26N2O. The first-order valence-corrected chi connectivity index (χ1v) is 9.01. The molecule has 2 aliphatic rings. The summed E-state index contributed by atoms with van der Waals surface area (Å²) in [6.45, 7) is 4.25. The minimum Gasteiger partial charge on any atom is -0.361 e. The highest BCUT2D eigenvalue weighted by atomic mass is 16.2. The molecule has 0 saturated heterocycles. The van der Waals surface area contributed by atoms with Crippen molar-refractivity contribution in [3.05, 3.63) is 35.5 Å². The van der Waals surface area contributed by atoms with Gasteiger partial charge in [-0.3, -0.25) is 4.79 Å². The van der Waals surface area contributed by atoms with Crippen molar-refractivity contribution in [1.82, 2.24) is 10.3 Å². The molecule has 0 spiro atoms. The number of aromatic nitrogens is 1. The van der Waals surface area contributed by atoms with E-state index in [1.165, 1.54) is 47.7 Å². The van der Waals surface area contributed by atoms with Crippen LogP contribution in [0.1, 0.15) is 43.7 Å². The summed E-state index contributed by atoms with van der Waals surface area (Å²) in [6, 6.07) is 6.58. The molecule has 0 unspecified atom stereocenters. The molecule has 2 aromatic rings. The van der Waals surface area contributed by atoms with Crippen LogP contribution >= 0.6 is 0 Å². The lowest BCUT2D eigenvalue weighted by Gasteiger charge is -2.13. The molecule has 3 heteroatoms. The molecule has 1 aromatic carbocycles. The Morgan fingerprint density at radius 1 is 1.30 bits per heavy atom. The first kappa shape index (κ1) is 14.8. The molecule has 3 atom stereocenters. The number of hydrogen-bond donors (Lipinski definition) is 2. The molecule has 4 rings (SSSR count). The fourth-order valence-electron chi connectivity index (χ4n) is 4.63. The lowest BCUT2D eigenvalue weighted by Crippen LogP contribution is -2.35. The molecule has 3 nitrogen and oxygen atoms in total. The van der Waals surface area contributed by atoms with Crippen LogP contribution in [-0.4, -0.2) is 16.9 Å². The molecule has 1 aromatic heterocycles. The Bertz CT molecular complexity index is 720. The third-order valence-corrected chi connectivity index (χ3v) is 5.88. The molecule has 2 N–H and O–H groups in total. The van der Waals surface area contributed by atoms with Crippen LogP contribution in [0.3, 0.4) is 0 Å². The van der Waals surface area contributed by atoms with Crippen LogP contribution in [-0.2, 0) is 11.2 Å². The number of nitrogens with one attached hydrogen (secondary N) is 2. The SMILES string of the molecule is Cc1cccc2c(C[C@H](C)NC(=O)C3[C@H]4CCCC[C@H]34)c[nH]c12. The maximum Gasteiger partial charge on any atom is 0.223 e. The second-order valence-corrected chi connectivity index (χ2v) is 7.56. The number of aryl methyl sites for hydroxylation is 1. The standard InChI is InChI=1S/C20H26N2O/c1-12-6-5-9-15-14(11-21-19(12)15)10-13(2)22-20(23)18-16-7-3-4-8-17(16)18/h5-6,9,11,13,16-18,21H,3-4,7-8,10H2,1-2H3,(H,22,23)/t13-,16-,17-/m0/s1. The highest BCUT2D eigenvalue weighted by Crippen LogP contribution is 2.55. The normalized spacial score (nSPS) is 27.5. The zero-order valence-corrected chi connectivity index (χ0v) is 14.1. The lowest BCUT2D eigenvalue weighted by atomic mass is 10.0. The fraction of sp³-hybridized carbons (Fsp3) is 0.550. The van der Waals surface area contributed by atoms with Crippen LogP contribution in [0.25, 0.3) is 10.9 Å². The highest BCUT2D eigenvalue weighted by molar-refractivity contribution is 5.86. The smallest absolute Gasteiger partial charge is 0.223 e. The first-order chi connectivity index (χ1) is 11.1. The molecule has 2 aliphatic carbocycles. The summed E-state index contributed by atoms with van der Waals surface area (Å²) in [5.74, 6) is 1.98. The second kappa shape index (κ2) is 5.70. The molecular weight excluding hydrogens is 284 g/mol. The Kier molecular flexibility index (Phi) is 3.67. The summed E-state index contributed by atoms with van der Waals surface area (Å²) in [5, 5.41) is 4.55. The van der Waals surface area contributed by atoms with E-state index in [4.69, 9.17) is 0 Å². The van der Waals surface area contributed by atoms with E-state index in [1.54, 1.807) is 0 Å². The van der Waals surface area contributed by atoms with Crippen molar-refractivity contribution < 1.29 is 4.79 Å². The molecule has 1 heterocycles. The van der Waals surface area contributed by atoms with E-state index in [1.807, 2.05) is 0 Å². The van der Waals surface area contributed by atoms with Gasteiger partial charge in [0.1, 0.15) is 0 Å². The number of fused-ring (bicyclic) bond motifs is 2. The molecule has 23 heavy (non-hydrogen) atoms. The minimum atomic E-state index is 0.185. The third kappa shape index (κ3) is 2.66. The van der Waals surface area contributed by atoms with E-state index in [2.05, 4.69) is 48.5 Å². The first-order valence-electron chi connectivity index (χ1n) is 9.01. The molecule has 0 bridgehead atoms. The van der Waals surface area contributed by atoms with Crippen LogP contribution in [0.5, 0.6) is 0 Å². The number of para-hydroxylation sites is 1. The van der Waals surface area contributed by atoms with Crippen LogP contribution in [0, 0.1) is 24.7 Å². The summed E-state index contributed by atoms with van der Waals surface area (Å²) >= 11 is 0. The molecule has 1 amide bonds. The monoisotopic (exact) mass is 310 g/mol. The quantitative estimate of drug-likeness (QED) is 0.882. The van der Waals surface area contributed by atoms with Crippen molar-refractivity contribution in [3.63, 3.8) is 0 Å². The Labute approximate surface area is 137 Å². The summed E-state index contributed by atoms with van der Waals surface area (Å²) in [7, 11) is 0. The number of amides is 1. The molecule has 2 fully saturated rings. The van der Waals surface area contributed by atoms with Gasteiger partial charge in [-0.2, -0.15) is 0 Å². The summed E-state index contributed by atoms with van der Waals surface area (Å²) < 4.78 is 0. The number of rotatable bonds is 4. The average molecular weight is 310 g/mol. The van der Waals surface area contributed by atoms with Crippen molar-refractivity contribution in [2.75, 3.05) is 0 Å². The van der Waals surface area contributed by atoms with E-state index >= 15 is 0 Å². The minimum absolute atomic E-state index is 0.185. The van der Waals surface area contributed by atoms with E-state index in [0.717, 1.165) is 6.42 Å². The van der Waals surface area contributed by atoms with Gasteiger partial charge in [-0.15, -0.1) is 0 Å². The number of aromatic amines is 1. The van der Waals surface area contributed by atoms with Gasteiger partial charge < -0.3 is 10.3 Å². The van der Waals surface area contributed by atoms with Gasteiger partial charge in [0.25, 0.3) is 0 Å². The molecule has 122 valence electrons. The van der Waals surface area contributed by atoms with E-state index in [0.29, 0.717) is 23.7 Å². The number of benzene rings is 1. The third-order valence-electron chi connectivity index (χ3n) is 5.88. The van der Waals surface area contributed by atoms with E-state index in [9.17, 15) is 4.79 Å². The number of hydrogen-bond acceptors (Lipinski definition) is 1. The molecule has 0 aliphatic heterocycles. The fourth-order valence-corrected chi connectivity index (χ4v) is 4.63. The highest BCUT2D eigenvalue weighted by Gasteiger charge is 2.54. The summed E-state index contributed by atoms with van der Waals surface area (Å²) in [5.41, 5.74) is 3.78. The van der Waals surface area contributed by atoms with Gasteiger partial charge in [0.15, 0.2) is 0 Å². The van der Waals surface area contributed by atoms with Gasteiger partial charge in [-0.1, -0.05) is 31.0 Å².